The van der Waals surface area contributed by atoms with Crippen molar-refractivity contribution in [2.75, 3.05) is 26.7 Å². The second-order valence-electron chi connectivity index (χ2n) is 6.95. The molecule has 1 amide bonds. The van der Waals surface area contributed by atoms with E-state index in [1.54, 1.807) is 0 Å². The summed E-state index contributed by atoms with van der Waals surface area (Å²) in [5.74, 6) is 0.964. The smallest absolute Gasteiger partial charge is 0.244 e. The van der Waals surface area contributed by atoms with Crippen molar-refractivity contribution in [3.05, 3.63) is 21.9 Å². The molecule has 4 rings (SSSR count). The first-order valence-electron chi connectivity index (χ1n) is 7.91. The third kappa shape index (κ3) is 2.31. The number of aryl methyl sites for hydroxylation is 1. The fourth-order valence-electron chi connectivity index (χ4n) is 3.74. The number of nitrogens with zero attached hydrogens (tertiary/aromatic N) is 2. The minimum atomic E-state index is -0.215. The molecule has 3 fully saturated rings. The van der Waals surface area contributed by atoms with Crippen LogP contribution in [0.1, 0.15) is 35.2 Å². The van der Waals surface area contributed by atoms with Crippen LogP contribution in [0.5, 0.6) is 0 Å². The van der Waals surface area contributed by atoms with E-state index in [-0.39, 0.29) is 11.7 Å². The number of hydrogen-bond donors (Lipinski definition) is 1. The number of thiophene rings is 1. The van der Waals surface area contributed by atoms with Gasteiger partial charge in [0.2, 0.25) is 5.91 Å². The molecule has 4 nitrogen and oxygen atoms in total. The number of rotatable bonds is 3. The van der Waals surface area contributed by atoms with Gasteiger partial charge in [-0.05, 0) is 57.8 Å². The van der Waals surface area contributed by atoms with Gasteiger partial charge in [0.05, 0.1) is 0 Å². The third-order valence-corrected chi connectivity index (χ3v) is 6.17. The van der Waals surface area contributed by atoms with E-state index in [1.165, 1.54) is 16.2 Å². The van der Waals surface area contributed by atoms with Crippen LogP contribution in [0.25, 0.3) is 0 Å². The monoisotopic (exact) mass is 305 g/mol. The summed E-state index contributed by atoms with van der Waals surface area (Å²) in [5, 5.41) is 3.63. The van der Waals surface area contributed by atoms with Gasteiger partial charge in [0.1, 0.15) is 11.7 Å². The lowest BCUT2D eigenvalue weighted by Crippen LogP contribution is -2.36. The first kappa shape index (κ1) is 13.7. The van der Waals surface area contributed by atoms with Crippen LogP contribution in [0.4, 0.5) is 0 Å². The van der Waals surface area contributed by atoms with Gasteiger partial charge in [-0.2, -0.15) is 0 Å². The number of carbonyl (C=O) groups excluding carboxylic acids is 1. The Labute approximate surface area is 130 Å². The molecule has 1 spiro atoms. The summed E-state index contributed by atoms with van der Waals surface area (Å²) in [5.41, 5.74) is -0.215. The summed E-state index contributed by atoms with van der Waals surface area (Å²) < 4.78 is 0. The van der Waals surface area contributed by atoms with E-state index in [9.17, 15) is 4.79 Å². The average molecular weight is 305 g/mol. The second-order valence-corrected chi connectivity index (χ2v) is 8.27. The Morgan fingerprint density at radius 1 is 1.43 bits per heavy atom. The molecule has 1 N–H and O–H groups in total. The standard InChI is InChI=1S/C16H23N3OS/c1-11-3-4-13(21-11)14-17-16(6-7-16)15(20)19(14)10-12-5-8-18(2)9-12/h3-4,12,14,17H,5-10H2,1-2H3. The Morgan fingerprint density at radius 3 is 2.81 bits per heavy atom. The Bertz CT molecular complexity index is 566. The number of amides is 1. The second kappa shape index (κ2) is 4.80. The maximum atomic E-state index is 12.8. The number of likely N-dealkylation sites (tertiary alicyclic amines) is 1. The van der Waals surface area contributed by atoms with Crippen molar-refractivity contribution >= 4 is 17.2 Å². The zero-order chi connectivity index (χ0) is 14.6. The fourth-order valence-corrected chi connectivity index (χ4v) is 4.69. The highest BCUT2D eigenvalue weighted by Gasteiger charge is 2.59. The molecule has 5 heteroatoms. The van der Waals surface area contributed by atoms with Crippen molar-refractivity contribution in [2.24, 2.45) is 5.92 Å². The summed E-state index contributed by atoms with van der Waals surface area (Å²) in [7, 11) is 2.17. The molecule has 21 heavy (non-hydrogen) atoms. The van der Waals surface area contributed by atoms with Crippen molar-refractivity contribution in [1.29, 1.82) is 0 Å². The average Bonchev–Trinajstić information content (AvgIpc) is 2.78. The molecule has 0 bridgehead atoms. The van der Waals surface area contributed by atoms with E-state index in [4.69, 9.17) is 0 Å². The molecule has 1 aliphatic carbocycles. The summed E-state index contributed by atoms with van der Waals surface area (Å²) in [6.07, 6.45) is 3.33. The first-order valence-corrected chi connectivity index (χ1v) is 8.73. The van der Waals surface area contributed by atoms with Crippen LogP contribution in [-0.4, -0.2) is 47.9 Å². The highest BCUT2D eigenvalue weighted by atomic mass is 32.1. The summed E-state index contributed by atoms with van der Waals surface area (Å²) >= 11 is 1.81. The minimum absolute atomic E-state index is 0.101. The highest BCUT2D eigenvalue weighted by molar-refractivity contribution is 7.12. The van der Waals surface area contributed by atoms with Crippen LogP contribution in [-0.2, 0) is 4.79 Å². The minimum Gasteiger partial charge on any atom is -0.320 e. The molecule has 0 aromatic carbocycles. The van der Waals surface area contributed by atoms with Gasteiger partial charge < -0.3 is 9.80 Å². The molecule has 1 saturated carbocycles. The SMILES string of the molecule is Cc1ccc(C2NC3(CC3)C(=O)N2CC2CCN(C)C2)s1. The Hall–Kier alpha value is -0.910. The van der Waals surface area contributed by atoms with Gasteiger partial charge in [-0.3, -0.25) is 10.1 Å². The zero-order valence-corrected chi connectivity index (χ0v) is 13.6. The Morgan fingerprint density at radius 2 is 2.24 bits per heavy atom. The van der Waals surface area contributed by atoms with Crippen LogP contribution < -0.4 is 5.32 Å². The molecule has 1 aromatic rings. The Balaban J connectivity index is 1.57. The van der Waals surface area contributed by atoms with Crippen LogP contribution in [0.15, 0.2) is 12.1 Å². The van der Waals surface area contributed by atoms with Crippen molar-refractivity contribution in [3.8, 4) is 0 Å². The van der Waals surface area contributed by atoms with Gasteiger partial charge in [0.15, 0.2) is 0 Å². The molecule has 3 heterocycles. The van der Waals surface area contributed by atoms with Crippen LogP contribution in [0, 0.1) is 12.8 Å². The van der Waals surface area contributed by atoms with E-state index >= 15 is 0 Å². The first-order chi connectivity index (χ1) is 10.1. The topological polar surface area (TPSA) is 35.6 Å². The maximum absolute atomic E-state index is 12.8. The maximum Gasteiger partial charge on any atom is 0.244 e. The molecule has 2 aliphatic heterocycles. The predicted molar refractivity (Wildman–Crippen MR) is 84.2 cm³/mol. The molecule has 1 aromatic heterocycles. The molecular formula is C16H23N3OS. The van der Waals surface area contributed by atoms with Gasteiger partial charge >= 0.3 is 0 Å². The molecule has 2 atom stereocenters. The van der Waals surface area contributed by atoms with Gasteiger partial charge in [0, 0.05) is 22.8 Å². The lowest BCUT2D eigenvalue weighted by atomic mass is 10.1. The summed E-state index contributed by atoms with van der Waals surface area (Å²) in [4.78, 5) is 19.9. The van der Waals surface area contributed by atoms with E-state index in [0.717, 1.165) is 32.5 Å². The number of nitrogens with one attached hydrogen (secondary N) is 1. The van der Waals surface area contributed by atoms with Crippen LogP contribution in [0.2, 0.25) is 0 Å². The van der Waals surface area contributed by atoms with E-state index < -0.39 is 0 Å². The van der Waals surface area contributed by atoms with Crippen LogP contribution in [0.3, 0.4) is 0 Å². The highest BCUT2D eigenvalue weighted by Crippen LogP contribution is 2.47. The summed E-state index contributed by atoms with van der Waals surface area (Å²) in [6.45, 7) is 5.31. The zero-order valence-electron chi connectivity index (χ0n) is 12.8. The van der Waals surface area contributed by atoms with E-state index in [1.807, 2.05) is 11.3 Å². The molecule has 3 aliphatic rings. The van der Waals surface area contributed by atoms with Gasteiger partial charge in [0.25, 0.3) is 0 Å². The third-order valence-electron chi connectivity index (χ3n) is 5.12. The van der Waals surface area contributed by atoms with Crippen LogP contribution >= 0.6 is 11.3 Å². The van der Waals surface area contributed by atoms with Crippen molar-refractivity contribution in [1.82, 2.24) is 15.1 Å². The number of carbonyl (C=O) groups is 1. The lowest BCUT2D eigenvalue weighted by molar-refractivity contribution is -0.131. The van der Waals surface area contributed by atoms with Crippen molar-refractivity contribution in [2.45, 2.75) is 37.9 Å². The van der Waals surface area contributed by atoms with E-state index in [0.29, 0.717) is 11.8 Å². The number of hydrogen-bond acceptors (Lipinski definition) is 4. The van der Waals surface area contributed by atoms with Gasteiger partial charge in [-0.25, -0.2) is 0 Å². The normalized spacial score (nSPS) is 31.5. The fraction of sp³-hybridized carbons (Fsp3) is 0.688. The Kier molecular flexibility index (Phi) is 3.14. The van der Waals surface area contributed by atoms with Gasteiger partial charge in [-0.1, -0.05) is 0 Å². The van der Waals surface area contributed by atoms with E-state index in [2.05, 4.69) is 41.2 Å². The molecule has 114 valence electrons. The molecule has 2 saturated heterocycles. The molecular weight excluding hydrogens is 282 g/mol. The largest absolute Gasteiger partial charge is 0.320 e. The van der Waals surface area contributed by atoms with Crippen molar-refractivity contribution in [3.63, 3.8) is 0 Å². The summed E-state index contributed by atoms with van der Waals surface area (Å²) in [6, 6.07) is 4.34. The molecule has 2 unspecified atom stereocenters. The predicted octanol–water partition coefficient (Wildman–Crippen LogP) is 1.97. The quantitative estimate of drug-likeness (QED) is 0.927. The lowest BCUT2D eigenvalue weighted by Gasteiger charge is -2.26. The van der Waals surface area contributed by atoms with Gasteiger partial charge in [-0.15, -0.1) is 11.3 Å². The van der Waals surface area contributed by atoms with Crippen molar-refractivity contribution < 1.29 is 4.79 Å². The molecule has 0 radical (unpaired) electrons.